The van der Waals surface area contributed by atoms with Gasteiger partial charge in [-0.15, -0.1) is 5.10 Å². The molecule has 9 heteroatoms. The Balaban J connectivity index is 1.68. The van der Waals surface area contributed by atoms with Crippen molar-refractivity contribution in [3.8, 4) is 0 Å². The summed E-state index contributed by atoms with van der Waals surface area (Å²) in [5.74, 6) is 0.528. The Hall–Kier alpha value is -3.36. The number of alkyl halides is 3. The van der Waals surface area contributed by atoms with Crippen LogP contribution in [0.2, 0.25) is 0 Å². The zero-order valence-corrected chi connectivity index (χ0v) is 18.9. The number of carbonyl (C=O) groups is 1. The van der Waals surface area contributed by atoms with Gasteiger partial charge in [-0.3, -0.25) is 4.79 Å². The number of nitrogens with zero attached hydrogens (tertiary/aromatic N) is 4. The lowest BCUT2D eigenvalue weighted by molar-refractivity contribution is -0.138. The van der Waals surface area contributed by atoms with E-state index in [1.54, 1.807) is 31.1 Å². The van der Waals surface area contributed by atoms with Crippen molar-refractivity contribution >= 4 is 28.2 Å². The lowest BCUT2D eigenvalue weighted by Crippen LogP contribution is -2.53. The molecule has 1 aliphatic heterocycles. The average molecular weight is 458 g/mol. The third-order valence-electron chi connectivity index (χ3n) is 6.28. The molecule has 0 bridgehead atoms. The number of likely N-dealkylation sites (N-methyl/N-ethyl adjacent to an activating group) is 1. The summed E-state index contributed by atoms with van der Waals surface area (Å²) in [6.45, 7) is 6.26. The molecule has 2 aromatic carbocycles. The maximum atomic E-state index is 13.4. The fourth-order valence-electron chi connectivity index (χ4n) is 4.43. The molecule has 1 N–H and O–H groups in total. The molecule has 4 rings (SSSR count). The minimum absolute atomic E-state index is 0.0491. The molecule has 174 valence electrons. The Morgan fingerprint density at radius 3 is 2.70 bits per heavy atom. The highest BCUT2D eigenvalue weighted by atomic mass is 19.4. The van der Waals surface area contributed by atoms with Crippen molar-refractivity contribution in [3.63, 3.8) is 0 Å². The first kappa shape index (κ1) is 22.8. The van der Waals surface area contributed by atoms with Gasteiger partial charge in [-0.1, -0.05) is 18.2 Å². The molecule has 0 aliphatic carbocycles. The third kappa shape index (κ3) is 4.44. The zero-order chi connectivity index (χ0) is 23.9. The predicted octanol–water partition coefficient (Wildman–Crippen LogP) is 4.80. The molecule has 0 saturated carbocycles. The van der Waals surface area contributed by atoms with E-state index >= 15 is 0 Å². The molecule has 6 nitrogen and oxygen atoms in total. The van der Waals surface area contributed by atoms with E-state index in [9.17, 15) is 18.0 Å². The van der Waals surface area contributed by atoms with Gasteiger partial charge in [-0.2, -0.15) is 18.3 Å². The predicted molar refractivity (Wildman–Crippen MR) is 122 cm³/mol. The monoisotopic (exact) mass is 457 g/mol. The number of aromatic nitrogens is 2. The van der Waals surface area contributed by atoms with Gasteiger partial charge in [0.15, 0.2) is 5.82 Å². The van der Waals surface area contributed by atoms with Crippen molar-refractivity contribution in [2.75, 3.05) is 30.4 Å². The van der Waals surface area contributed by atoms with Crippen LogP contribution in [0.1, 0.15) is 36.6 Å². The molecule has 2 heterocycles. The van der Waals surface area contributed by atoms with Crippen LogP contribution in [0.3, 0.4) is 0 Å². The van der Waals surface area contributed by atoms with Crippen LogP contribution in [0.4, 0.5) is 24.7 Å². The molecule has 1 amide bonds. The molecule has 3 aromatic rings. The number of amides is 1. The fourth-order valence-corrected chi connectivity index (χ4v) is 4.43. The molecular weight excluding hydrogens is 431 g/mol. The van der Waals surface area contributed by atoms with E-state index in [2.05, 4.69) is 22.4 Å². The topological polar surface area (TPSA) is 61.4 Å². The van der Waals surface area contributed by atoms with Gasteiger partial charge in [0, 0.05) is 36.1 Å². The Labute approximate surface area is 190 Å². The van der Waals surface area contributed by atoms with E-state index in [0.717, 1.165) is 22.5 Å². The lowest BCUT2D eigenvalue weighted by Gasteiger charge is -2.39. The van der Waals surface area contributed by atoms with E-state index < -0.39 is 17.8 Å². The maximum absolute atomic E-state index is 13.4. The van der Waals surface area contributed by atoms with Crippen LogP contribution in [-0.4, -0.2) is 47.2 Å². The number of hydrogen-bond acceptors (Lipinski definition) is 5. The number of fused-ring (bicyclic) bond motifs is 1. The standard InChI is InChI=1S/C24H26F3N5O/c1-14-12-31(4)22(33)13-32(14)18-9-8-17-11-28-30-23(20(17)10-18)29-16(3)19-6-5-7-21(15(19)2)24(25,26)27/h5-11,14,16H,12-13H2,1-4H3,(H,29,30)/t14?,16-/m1/s1. The number of benzene rings is 2. The van der Waals surface area contributed by atoms with Crippen molar-refractivity contribution in [3.05, 3.63) is 59.3 Å². The van der Waals surface area contributed by atoms with Crippen LogP contribution in [-0.2, 0) is 11.0 Å². The Morgan fingerprint density at radius 1 is 1.21 bits per heavy atom. The van der Waals surface area contributed by atoms with Crippen LogP contribution in [0.25, 0.3) is 10.8 Å². The van der Waals surface area contributed by atoms with Crippen molar-refractivity contribution < 1.29 is 18.0 Å². The lowest BCUT2D eigenvalue weighted by atomic mass is 9.97. The second-order valence-electron chi connectivity index (χ2n) is 8.60. The molecule has 1 fully saturated rings. The van der Waals surface area contributed by atoms with Gasteiger partial charge in [-0.25, -0.2) is 0 Å². The largest absolute Gasteiger partial charge is 0.416 e. The van der Waals surface area contributed by atoms with Crippen molar-refractivity contribution in [1.82, 2.24) is 15.1 Å². The van der Waals surface area contributed by atoms with Gasteiger partial charge in [-0.05, 0) is 50.1 Å². The summed E-state index contributed by atoms with van der Waals surface area (Å²) in [6.07, 6.45) is -2.77. The SMILES string of the molecule is Cc1c([C@@H](C)Nc2nncc3ccc(N4CC(=O)N(C)CC4C)cc23)cccc1C(F)(F)F. The smallest absolute Gasteiger partial charge is 0.362 e. The number of halogens is 3. The minimum Gasteiger partial charge on any atom is -0.362 e. The van der Waals surface area contributed by atoms with Gasteiger partial charge in [0.1, 0.15) is 0 Å². The van der Waals surface area contributed by atoms with Crippen molar-refractivity contribution in [1.29, 1.82) is 0 Å². The normalized spacial score (nSPS) is 18.0. The van der Waals surface area contributed by atoms with E-state index in [4.69, 9.17) is 0 Å². The van der Waals surface area contributed by atoms with Gasteiger partial charge in [0.25, 0.3) is 0 Å². The fraction of sp³-hybridized carbons (Fsp3) is 0.375. The highest BCUT2D eigenvalue weighted by Gasteiger charge is 2.33. The summed E-state index contributed by atoms with van der Waals surface area (Å²) in [5.41, 5.74) is 0.964. The number of rotatable bonds is 4. The van der Waals surface area contributed by atoms with Gasteiger partial charge in [0.05, 0.1) is 24.3 Å². The molecule has 2 atom stereocenters. The second kappa shape index (κ2) is 8.53. The quantitative estimate of drug-likeness (QED) is 0.610. The number of anilines is 2. The molecule has 0 spiro atoms. The number of carbonyl (C=O) groups excluding carboxylic acids is 1. The third-order valence-corrected chi connectivity index (χ3v) is 6.28. The summed E-state index contributed by atoms with van der Waals surface area (Å²) >= 11 is 0. The second-order valence-corrected chi connectivity index (χ2v) is 8.60. The number of piperazine rings is 1. The van der Waals surface area contributed by atoms with E-state index in [1.165, 1.54) is 13.0 Å². The minimum atomic E-state index is -4.41. The Bertz CT molecular complexity index is 1200. The molecule has 1 unspecified atom stereocenters. The number of hydrogen-bond donors (Lipinski definition) is 1. The Kier molecular flexibility index (Phi) is 5.90. The molecular formula is C24H26F3N5O. The van der Waals surface area contributed by atoms with Gasteiger partial charge in [0.2, 0.25) is 5.91 Å². The van der Waals surface area contributed by atoms with E-state index in [1.807, 2.05) is 23.1 Å². The van der Waals surface area contributed by atoms with Gasteiger partial charge >= 0.3 is 6.18 Å². The average Bonchev–Trinajstić information content (AvgIpc) is 2.75. The van der Waals surface area contributed by atoms with Crippen LogP contribution < -0.4 is 10.2 Å². The molecule has 1 aliphatic rings. The van der Waals surface area contributed by atoms with Crippen LogP contribution >= 0.6 is 0 Å². The summed E-state index contributed by atoms with van der Waals surface area (Å²) in [4.78, 5) is 16.0. The number of nitrogens with one attached hydrogen (secondary N) is 1. The summed E-state index contributed by atoms with van der Waals surface area (Å²) in [5, 5.41) is 13.2. The summed E-state index contributed by atoms with van der Waals surface area (Å²) in [7, 11) is 1.80. The maximum Gasteiger partial charge on any atom is 0.416 e. The molecule has 0 radical (unpaired) electrons. The van der Waals surface area contributed by atoms with Crippen LogP contribution in [0, 0.1) is 6.92 Å². The first-order valence-electron chi connectivity index (χ1n) is 10.8. The van der Waals surface area contributed by atoms with E-state index in [0.29, 0.717) is 17.9 Å². The summed E-state index contributed by atoms with van der Waals surface area (Å²) < 4.78 is 40.1. The van der Waals surface area contributed by atoms with Gasteiger partial charge < -0.3 is 15.1 Å². The first-order valence-corrected chi connectivity index (χ1v) is 10.8. The highest BCUT2D eigenvalue weighted by Crippen LogP contribution is 2.36. The summed E-state index contributed by atoms with van der Waals surface area (Å²) in [6, 6.07) is 9.72. The molecule has 1 aromatic heterocycles. The van der Waals surface area contributed by atoms with Crippen LogP contribution in [0.5, 0.6) is 0 Å². The highest BCUT2D eigenvalue weighted by molar-refractivity contribution is 5.94. The Morgan fingerprint density at radius 2 is 1.97 bits per heavy atom. The zero-order valence-electron chi connectivity index (χ0n) is 18.9. The van der Waals surface area contributed by atoms with E-state index in [-0.39, 0.29) is 24.1 Å². The van der Waals surface area contributed by atoms with Crippen molar-refractivity contribution in [2.45, 2.75) is 39.0 Å². The molecule has 33 heavy (non-hydrogen) atoms. The molecule has 1 saturated heterocycles. The van der Waals surface area contributed by atoms with Crippen molar-refractivity contribution in [2.24, 2.45) is 0 Å². The van der Waals surface area contributed by atoms with Crippen LogP contribution in [0.15, 0.2) is 42.6 Å². The first-order chi connectivity index (χ1) is 15.6.